The van der Waals surface area contributed by atoms with Gasteiger partial charge in [0.05, 0.1) is 51.9 Å². The molecule has 9 rings (SSSR count). The maximum absolute atomic E-state index is 11.8. The molecule has 2 N–H and O–H groups in total. The van der Waals surface area contributed by atoms with E-state index in [9.17, 15) is 10.2 Å². The second-order valence-electron chi connectivity index (χ2n) is 23.2. The van der Waals surface area contributed by atoms with Crippen LogP contribution in [0.3, 0.4) is 0 Å². The number of fused-ring (bicyclic) bond motifs is 2. The number of hydrogen-bond donors (Lipinski definition) is 2. The zero-order valence-corrected chi connectivity index (χ0v) is 48.7. The molecule has 5 aromatic heterocycles. The third-order valence-corrected chi connectivity index (χ3v) is 13.5. The van der Waals surface area contributed by atoms with E-state index in [1.165, 1.54) is 0 Å². The van der Waals surface area contributed by atoms with Crippen molar-refractivity contribution in [3.63, 3.8) is 0 Å². The minimum absolute atomic E-state index is 0. The fourth-order valence-electron chi connectivity index (χ4n) is 9.34. The van der Waals surface area contributed by atoms with Crippen molar-refractivity contribution >= 4 is 22.1 Å². The summed E-state index contributed by atoms with van der Waals surface area (Å²) in [7, 11) is 3.95. The maximum Gasteiger partial charge on any atom is 0.143 e. The van der Waals surface area contributed by atoms with Crippen molar-refractivity contribution in [2.24, 2.45) is 14.1 Å². The number of nitrogens with zero attached hydrogens (tertiary/aromatic N) is 8. The number of pyridine rings is 2. The first kappa shape index (κ1) is 54.0. The van der Waals surface area contributed by atoms with Gasteiger partial charge in [0.15, 0.2) is 0 Å². The first-order chi connectivity index (χ1) is 32.7. The smallest absolute Gasteiger partial charge is 0.143 e. The van der Waals surface area contributed by atoms with E-state index in [1.54, 1.807) is 6.33 Å². The Bertz CT molecular complexity index is 3330. The fraction of sp³-hybridized carbons (Fsp3) is 0.333. The van der Waals surface area contributed by atoms with Crippen molar-refractivity contribution in [3.05, 3.63) is 131 Å². The van der Waals surface area contributed by atoms with E-state index >= 15 is 0 Å². The Hall–Kier alpha value is -5.82. The quantitative estimate of drug-likeness (QED) is 0.158. The van der Waals surface area contributed by atoms with E-state index in [4.69, 9.17) is 29.9 Å². The molecule has 0 saturated heterocycles. The Morgan fingerprint density at radius 3 is 1.15 bits per heavy atom. The predicted molar refractivity (Wildman–Crippen MR) is 284 cm³/mol. The molecule has 9 aromatic rings. The van der Waals surface area contributed by atoms with Crippen molar-refractivity contribution in [1.82, 2.24) is 39.0 Å². The SMILES string of the molecule is Cc1cc(-c2cc(-c3[c-]c(-c4cncc5c4nc(-c4cc(C(C)(C)C)cc(C(C)(C)C)c4O)n5C)cc(C)c3)ncn2)[c-]c(-c2cncc3c2nc(-c2cc(C(C)(C)C)cc(C(C)(C)C)c2O)n3C)c1.[Pt].[Pt]. The summed E-state index contributed by atoms with van der Waals surface area (Å²) >= 11 is 0. The number of phenols is 2. The van der Waals surface area contributed by atoms with Gasteiger partial charge in [0.25, 0.3) is 0 Å². The van der Waals surface area contributed by atoms with E-state index < -0.39 is 0 Å². The van der Waals surface area contributed by atoms with E-state index in [0.29, 0.717) is 34.2 Å². The van der Waals surface area contributed by atoms with Crippen molar-refractivity contribution in [1.29, 1.82) is 0 Å². The second kappa shape index (κ2) is 19.2. The molecule has 0 saturated carbocycles. The molecule has 378 valence electrons. The molecule has 0 aliphatic carbocycles. The van der Waals surface area contributed by atoms with E-state index in [0.717, 1.165) is 88.8 Å². The van der Waals surface area contributed by atoms with Crippen molar-refractivity contribution in [2.45, 2.75) is 119 Å². The number of hydrogen-bond acceptors (Lipinski definition) is 8. The Kier molecular flexibility index (Phi) is 14.4. The van der Waals surface area contributed by atoms with E-state index in [-0.39, 0.29) is 75.3 Å². The van der Waals surface area contributed by atoms with Crippen LogP contribution in [0.25, 0.3) is 89.6 Å². The molecule has 4 aromatic carbocycles. The van der Waals surface area contributed by atoms with Crippen molar-refractivity contribution in [3.8, 4) is 79.0 Å². The molecule has 5 heterocycles. The van der Waals surface area contributed by atoms with Gasteiger partial charge in [0, 0.05) is 91.1 Å². The van der Waals surface area contributed by atoms with Gasteiger partial charge in [-0.05, 0) is 56.0 Å². The molecule has 10 nitrogen and oxygen atoms in total. The third kappa shape index (κ3) is 9.98. The maximum atomic E-state index is 11.8. The predicted octanol–water partition coefficient (Wildman–Crippen LogP) is 13.9. The summed E-state index contributed by atoms with van der Waals surface area (Å²) in [6.45, 7) is 30.0. The van der Waals surface area contributed by atoms with Gasteiger partial charge in [-0.1, -0.05) is 126 Å². The standard InChI is InChI=1S/C60H64N8O2.2Pt/c1-33-17-35(43-28-61-30-49-51(43)65-55(67(49)15)41-23-39(57(3,4)5)25-45(53(41)69)59(9,10)11)21-37(19-33)47-27-48(64-32-63-47)38-20-34(2)18-36(22-38)44-29-62-31-50-52(44)66-56(68(50)16)42-24-40(58(6,7)8)26-46(54(42)70)60(12,13)14;;/h17-20,23-32,69-70H,1-16H3;;/q-2;;. The zero-order valence-electron chi connectivity index (χ0n) is 44.2. The third-order valence-electron chi connectivity index (χ3n) is 13.5. The average Bonchev–Trinajstić information content (AvgIpc) is 3.80. The van der Waals surface area contributed by atoms with Crippen LogP contribution in [0, 0.1) is 26.0 Å². The van der Waals surface area contributed by atoms with Crippen molar-refractivity contribution in [2.75, 3.05) is 0 Å². The molecule has 0 aliphatic rings. The zero-order chi connectivity index (χ0) is 50.6. The first-order valence-corrected chi connectivity index (χ1v) is 24.0. The number of phenolic OH excluding ortho intramolecular Hbond substituents is 2. The van der Waals surface area contributed by atoms with Crippen molar-refractivity contribution < 1.29 is 52.3 Å². The van der Waals surface area contributed by atoms with Gasteiger partial charge < -0.3 is 19.3 Å². The molecule has 72 heavy (non-hydrogen) atoms. The Morgan fingerprint density at radius 2 is 0.806 bits per heavy atom. The van der Waals surface area contributed by atoms with Gasteiger partial charge in [-0.25, -0.2) is 9.97 Å². The minimum atomic E-state index is -0.287. The largest absolute Gasteiger partial charge is 0.507 e. The number of rotatable bonds is 6. The normalized spacial score (nSPS) is 12.3. The Balaban J connectivity index is 0.00000380. The summed E-state index contributed by atoms with van der Waals surface area (Å²) in [5.41, 5.74) is 16.1. The molecule has 0 radical (unpaired) electrons. The van der Waals surface area contributed by atoms with Crippen LogP contribution in [0.5, 0.6) is 11.5 Å². The Morgan fingerprint density at radius 1 is 0.444 bits per heavy atom. The molecule has 0 atom stereocenters. The van der Waals surface area contributed by atoms with Crippen LogP contribution in [0.15, 0.2) is 85.7 Å². The second-order valence-corrected chi connectivity index (χ2v) is 23.2. The van der Waals surface area contributed by atoms with Gasteiger partial charge >= 0.3 is 0 Å². The van der Waals surface area contributed by atoms with Crippen LogP contribution >= 0.6 is 0 Å². The fourth-order valence-corrected chi connectivity index (χ4v) is 9.34. The van der Waals surface area contributed by atoms with E-state index in [2.05, 4.69) is 158 Å². The molecule has 12 heteroatoms. The summed E-state index contributed by atoms with van der Waals surface area (Å²) in [4.78, 5) is 29.4. The number of benzene rings is 4. The average molecular weight is 1320 g/mol. The summed E-state index contributed by atoms with van der Waals surface area (Å²) in [6, 6.07) is 26.1. The minimum Gasteiger partial charge on any atom is -0.507 e. The molecular weight excluding hydrogens is 1250 g/mol. The van der Waals surface area contributed by atoms with Crippen LogP contribution in [0.1, 0.15) is 116 Å². The summed E-state index contributed by atoms with van der Waals surface area (Å²) in [6.07, 6.45) is 8.92. The number of aryl methyl sites for hydroxylation is 4. The summed E-state index contributed by atoms with van der Waals surface area (Å²) in [5, 5.41) is 23.7. The van der Waals surface area contributed by atoms with Crippen LogP contribution in [-0.2, 0) is 77.9 Å². The number of aromatic hydroxyl groups is 2. The first-order valence-electron chi connectivity index (χ1n) is 24.0. The van der Waals surface area contributed by atoms with Gasteiger partial charge in [-0.2, -0.15) is 0 Å². The number of imidazole rings is 2. The molecular formula is C60H64N8O2Pt2-2. The topological polar surface area (TPSA) is 128 Å². The molecule has 0 bridgehead atoms. The van der Waals surface area contributed by atoms with Crippen LogP contribution in [0.4, 0.5) is 0 Å². The van der Waals surface area contributed by atoms with Gasteiger partial charge in [-0.15, -0.1) is 58.7 Å². The molecule has 0 unspecified atom stereocenters. The molecule has 0 fully saturated rings. The van der Waals surface area contributed by atoms with E-state index in [1.807, 2.05) is 54.1 Å². The number of aromatic nitrogens is 8. The van der Waals surface area contributed by atoms with Crippen LogP contribution < -0.4 is 0 Å². The van der Waals surface area contributed by atoms with Crippen LogP contribution in [0.2, 0.25) is 0 Å². The van der Waals surface area contributed by atoms with Crippen LogP contribution in [-0.4, -0.2) is 49.3 Å². The Labute approximate surface area is 453 Å². The molecule has 0 spiro atoms. The molecule has 0 amide bonds. The van der Waals surface area contributed by atoms with Gasteiger partial charge in [0.1, 0.15) is 23.1 Å². The summed E-state index contributed by atoms with van der Waals surface area (Å²) < 4.78 is 4.03. The molecule has 0 aliphatic heterocycles. The van der Waals surface area contributed by atoms with Gasteiger partial charge in [0.2, 0.25) is 0 Å². The summed E-state index contributed by atoms with van der Waals surface area (Å²) in [5.74, 6) is 1.80. The van der Waals surface area contributed by atoms with Gasteiger partial charge in [-0.3, -0.25) is 19.9 Å². The monoisotopic (exact) mass is 1320 g/mol.